The molecule has 0 bridgehead atoms. The highest BCUT2D eigenvalue weighted by Gasteiger charge is 2.24. The summed E-state index contributed by atoms with van der Waals surface area (Å²) >= 11 is 4.44. The van der Waals surface area contributed by atoms with E-state index in [1.54, 1.807) is 0 Å². The van der Waals surface area contributed by atoms with Gasteiger partial charge in [-0.15, -0.1) is 0 Å². The Balaban J connectivity index is 2.78. The first-order valence-electron chi connectivity index (χ1n) is 3.54. The maximum absolute atomic E-state index is 7.64. The van der Waals surface area contributed by atoms with E-state index in [-0.39, 0.29) is 0 Å². The van der Waals surface area contributed by atoms with E-state index in [0.717, 1.165) is 18.3 Å². The third-order valence-electron chi connectivity index (χ3n) is 1.86. The molecular formula is C8H5I2N3. The molecular weight excluding hydrogens is 392 g/mol. The van der Waals surface area contributed by atoms with Crippen molar-refractivity contribution >= 4 is 56.9 Å². The molecule has 66 valence electrons. The lowest BCUT2D eigenvalue weighted by Crippen LogP contribution is -2.20. The number of fused-ring (bicyclic) bond motifs is 1. The van der Waals surface area contributed by atoms with E-state index in [0.29, 0.717) is 11.7 Å². The fraction of sp³-hybridized carbons (Fsp3) is 0. The van der Waals surface area contributed by atoms with Crippen LogP contribution in [-0.4, -0.2) is 11.7 Å². The van der Waals surface area contributed by atoms with Crippen LogP contribution >= 0.6 is 45.2 Å². The van der Waals surface area contributed by atoms with E-state index in [1.165, 1.54) is 0 Å². The molecule has 5 heteroatoms. The standard InChI is InChI=1S/C8H5I2N3/c9-4-2-1-3-5(6(4)10)8(12)13-7(3)11/h1-2H,(H3,11,12,13). The Morgan fingerprint density at radius 3 is 2.46 bits per heavy atom. The first-order chi connectivity index (χ1) is 6.11. The lowest BCUT2D eigenvalue weighted by atomic mass is 10.1. The Morgan fingerprint density at radius 2 is 1.77 bits per heavy atom. The van der Waals surface area contributed by atoms with Crippen molar-refractivity contribution in [2.75, 3.05) is 0 Å². The zero-order valence-corrected chi connectivity index (χ0v) is 10.7. The number of benzene rings is 1. The average Bonchev–Trinajstić information content (AvgIpc) is 2.35. The zero-order chi connectivity index (χ0) is 9.59. The third kappa shape index (κ3) is 1.37. The van der Waals surface area contributed by atoms with Gasteiger partial charge in [0.1, 0.15) is 11.7 Å². The minimum absolute atomic E-state index is 0.328. The molecule has 0 aromatic heterocycles. The maximum atomic E-state index is 7.64. The summed E-state index contributed by atoms with van der Waals surface area (Å²) in [4.78, 5) is 0. The summed E-state index contributed by atoms with van der Waals surface area (Å²) in [6.45, 7) is 0. The van der Waals surface area contributed by atoms with Gasteiger partial charge in [0.25, 0.3) is 0 Å². The highest BCUT2D eigenvalue weighted by molar-refractivity contribution is 14.1. The van der Waals surface area contributed by atoms with Crippen LogP contribution in [0.4, 0.5) is 0 Å². The molecule has 0 saturated heterocycles. The monoisotopic (exact) mass is 397 g/mol. The predicted octanol–water partition coefficient (Wildman–Crippen LogP) is 2.15. The second-order valence-corrected chi connectivity index (χ2v) is 4.90. The van der Waals surface area contributed by atoms with E-state index in [2.05, 4.69) is 50.5 Å². The number of halogens is 2. The molecule has 0 aliphatic carbocycles. The molecule has 3 N–H and O–H groups in total. The van der Waals surface area contributed by atoms with Crippen molar-refractivity contribution in [2.45, 2.75) is 0 Å². The number of nitrogens with one attached hydrogen (secondary N) is 3. The number of rotatable bonds is 0. The Kier molecular flexibility index (Phi) is 2.30. The molecule has 0 amide bonds. The molecule has 0 spiro atoms. The van der Waals surface area contributed by atoms with E-state index in [4.69, 9.17) is 10.8 Å². The second-order valence-electron chi connectivity index (χ2n) is 2.66. The molecule has 0 atom stereocenters. The molecule has 1 heterocycles. The van der Waals surface area contributed by atoms with Gasteiger partial charge in [-0.2, -0.15) is 0 Å². The SMILES string of the molecule is N=C1NC(=N)c2c1ccc(I)c2I. The lowest BCUT2D eigenvalue weighted by molar-refractivity contribution is 1.29. The molecule has 1 aromatic rings. The first kappa shape index (κ1) is 9.38. The summed E-state index contributed by atoms with van der Waals surface area (Å²) in [6.07, 6.45) is 0. The normalized spacial score (nSPS) is 14.3. The van der Waals surface area contributed by atoms with Crippen LogP contribution in [0.2, 0.25) is 0 Å². The van der Waals surface area contributed by atoms with Gasteiger partial charge in [0.05, 0.1) is 0 Å². The van der Waals surface area contributed by atoms with E-state index < -0.39 is 0 Å². The van der Waals surface area contributed by atoms with Gasteiger partial charge in [-0.05, 0) is 57.3 Å². The van der Waals surface area contributed by atoms with Gasteiger partial charge in [0, 0.05) is 18.3 Å². The molecule has 0 radical (unpaired) electrons. The highest BCUT2D eigenvalue weighted by Crippen LogP contribution is 2.25. The minimum Gasteiger partial charge on any atom is -0.325 e. The third-order valence-corrected chi connectivity index (χ3v) is 4.92. The molecule has 0 fully saturated rings. The molecule has 2 rings (SSSR count). The minimum atomic E-state index is 0.328. The molecule has 1 aromatic carbocycles. The van der Waals surface area contributed by atoms with Gasteiger partial charge in [-0.1, -0.05) is 0 Å². The molecule has 1 aliphatic rings. The van der Waals surface area contributed by atoms with Crippen LogP contribution in [0.25, 0.3) is 0 Å². The summed E-state index contributed by atoms with van der Waals surface area (Å²) < 4.78 is 2.17. The average molecular weight is 397 g/mol. The van der Waals surface area contributed by atoms with Crippen LogP contribution in [0.3, 0.4) is 0 Å². The van der Waals surface area contributed by atoms with E-state index >= 15 is 0 Å². The van der Waals surface area contributed by atoms with Gasteiger partial charge >= 0.3 is 0 Å². The number of hydrogen-bond acceptors (Lipinski definition) is 2. The summed E-state index contributed by atoms with van der Waals surface area (Å²) in [7, 11) is 0. The Morgan fingerprint density at radius 1 is 1.08 bits per heavy atom. The van der Waals surface area contributed by atoms with Gasteiger partial charge < -0.3 is 5.32 Å². The van der Waals surface area contributed by atoms with Crippen LogP contribution in [0.5, 0.6) is 0 Å². The van der Waals surface area contributed by atoms with Crippen LogP contribution in [0.1, 0.15) is 11.1 Å². The van der Waals surface area contributed by atoms with Crippen molar-refractivity contribution in [3.05, 3.63) is 30.4 Å². The highest BCUT2D eigenvalue weighted by atomic mass is 127. The first-order valence-corrected chi connectivity index (χ1v) is 5.70. The van der Waals surface area contributed by atoms with Gasteiger partial charge in [0.15, 0.2) is 0 Å². The van der Waals surface area contributed by atoms with Gasteiger partial charge in [0.2, 0.25) is 0 Å². The van der Waals surface area contributed by atoms with Gasteiger partial charge in [-0.3, -0.25) is 10.8 Å². The van der Waals surface area contributed by atoms with Crippen LogP contribution in [-0.2, 0) is 0 Å². The zero-order valence-electron chi connectivity index (χ0n) is 6.41. The lowest BCUT2D eigenvalue weighted by Gasteiger charge is -2.01. The smallest absolute Gasteiger partial charge is 0.132 e. The van der Waals surface area contributed by atoms with E-state index in [9.17, 15) is 0 Å². The van der Waals surface area contributed by atoms with Crippen molar-refractivity contribution < 1.29 is 0 Å². The summed E-state index contributed by atoms with van der Waals surface area (Å²) in [5, 5.41) is 17.9. The topological polar surface area (TPSA) is 59.7 Å². The largest absolute Gasteiger partial charge is 0.325 e. The molecule has 3 nitrogen and oxygen atoms in total. The fourth-order valence-corrected chi connectivity index (χ4v) is 2.45. The summed E-state index contributed by atoms with van der Waals surface area (Å²) in [6, 6.07) is 3.85. The Bertz CT molecular complexity index is 426. The van der Waals surface area contributed by atoms with Gasteiger partial charge in [-0.25, -0.2) is 0 Å². The van der Waals surface area contributed by atoms with Crippen molar-refractivity contribution in [3.8, 4) is 0 Å². The molecule has 1 aliphatic heterocycles. The van der Waals surface area contributed by atoms with E-state index in [1.807, 2.05) is 12.1 Å². The van der Waals surface area contributed by atoms with Crippen molar-refractivity contribution in [1.82, 2.24) is 5.32 Å². The Labute approximate surface area is 103 Å². The molecule has 0 saturated carbocycles. The molecule has 0 unspecified atom stereocenters. The summed E-state index contributed by atoms with van der Waals surface area (Å²) in [5.74, 6) is 0.664. The summed E-state index contributed by atoms with van der Waals surface area (Å²) in [5.41, 5.74) is 1.69. The molecule has 13 heavy (non-hydrogen) atoms. The van der Waals surface area contributed by atoms with Crippen molar-refractivity contribution in [1.29, 1.82) is 10.8 Å². The van der Waals surface area contributed by atoms with Crippen molar-refractivity contribution in [2.24, 2.45) is 0 Å². The van der Waals surface area contributed by atoms with Crippen molar-refractivity contribution in [3.63, 3.8) is 0 Å². The second kappa shape index (κ2) is 3.19. The maximum Gasteiger partial charge on any atom is 0.132 e. The predicted molar refractivity (Wildman–Crippen MR) is 68.7 cm³/mol. The number of hydrogen-bond donors (Lipinski definition) is 3. The van der Waals surface area contributed by atoms with Crippen LogP contribution < -0.4 is 5.32 Å². The number of amidine groups is 2. The fourth-order valence-electron chi connectivity index (χ4n) is 1.26. The van der Waals surface area contributed by atoms with Crippen LogP contribution in [0, 0.1) is 18.0 Å². The van der Waals surface area contributed by atoms with Crippen LogP contribution in [0.15, 0.2) is 12.1 Å². The Hall–Kier alpha value is -0.180. The quantitative estimate of drug-likeness (QED) is 0.578.